The molecule has 4 atom stereocenters. The first-order chi connectivity index (χ1) is 10.6. The van der Waals surface area contributed by atoms with Gasteiger partial charge in [0.1, 0.15) is 6.10 Å². The highest BCUT2D eigenvalue weighted by molar-refractivity contribution is 5.83. The van der Waals surface area contributed by atoms with E-state index in [9.17, 15) is 9.59 Å². The summed E-state index contributed by atoms with van der Waals surface area (Å²) in [6, 6.07) is 0. The number of esters is 1. The van der Waals surface area contributed by atoms with Crippen LogP contribution < -0.4 is 11.1 Å². The van der Waals surface area contributed by atoms with Crippen LogP contribution in [0.2, 0.25) is 0 Å². The fourth-order valence-corrected chi connectivity index (χ4v) is 5.82. The molecule has 4 bridgehead atoms. The largest absolute Gasteiger partial charge is 0.461 e. The lowest BCUT2D eigenvalue weighted by molar-refractivity contribution is -0.198. The molecule has 22 heavy (non-hydrogen) atoms. The van der Waals surface area contributed by atoms with Crippen LogP contribution >= 0.6 is 0 Å². The molecule has 5 rings (SSSR count). The van der Waals surface area contributed by atoms with Gasteiger partial charge in [0.2, 0.25) is 5.91 Å². The molecule has 122 valence electrons. The molecule has 0 aromatic heterocycles. The third kappa shape index (κ3) is 2.16. The van der Waals surface area contributed by atoms with Crippen molar-refractivity contribution in [1.29, 1.82) is 0 Å². The van der Waals surface area contributed by atoms with E-state index >= 15 is 0 Å². The lowest BCUT2D eigenvalue weighted by Crippen LogP contribution is -2.62. The average Bonchev–Trinajstić information content (AvgIpc) is 2.50. The SMILES string of the molecule is NC(=O)C12CC3CC(CC(C3)C1OC(=O)C1CCCNC1)C2. The monoisotopic (exact) mass is 306 g/mol. The van der Waals surface area contributed by atoms with E-state index in [4.69, 9.17) is 10.5 Å². The van der Waals surface area contributed by atoms with Gasteiger partial charge in [0.05, 0.1) is 11.3 Å². The second-order valence-electron chi connectivity index (χ2n) is 8.03. The summed E-state index contributed by atoms with van der Waals surface area (Å²) in [5.41, 5.74) is 5.22. The summed E-state index contributed by atoms with van der Waals surface area (Å²) in [5, 5.41) is 3.26. The number of piperidine rings is 1. The van der Waals surface area contributed by atoms with E-state index in [0.717, 1.165) is 45.1 Å². The highest BCUT2D eigenvalue weighted by Gasteiger charge is 2.61. The number of hydrogen-bond donors (Lipinski definition) is 2. The van der Waals surface area contributed by atoms with Gasteiger partial charge in [-0.2, -0.15) is 0 Å². The molecule has 3 N–H and O–H groups in total. The topological polar surface area (TPSA) is 81.4 Å². The summed E-state index contributed by atoms with van der Waals surface area (Å²) >= 11 is 0. The zero-order chi connectivity index (χ0) is 15.3. The fourth-order valence-electron chi connectivity index (χ4n) is 5.82. The van der Waals surface area contributed by atoms with Crippen LogP contribution in [0.1, 0.15) is 44.9 Å². The van der Waals surface area contributed by atoms with Gasteiger partial charge in [-0.15, -0.1) is 0 Å². The van der Waals surface area contributed by atoms with Crippen LogP contribution in [-0.4, -0.2) is 31.1 Å². The van der Waals surface area contributed by atoms with E-state index in [1.54, 1.807) is 0 Å². The van der Waals surface area contributed by atoms with Crippen molar-refractivity contribution in [3.63, 3.8) is 0 Å². The van der Waals surface area contributed by atoms with Gasteiger partial charge in [0.25, 0.3) is 0 Å². The van der Waals surface area contributed by atoms with E-state index in [1.165, 1.54) is 6.42 Å². The number of hydrogen-bond acceptors (Lipinski definition) is 4. The summed E-state index contributed by atoms with van der Waals surface area (Å²) < 4.78 is 5.95. The first kappa shape index (κ1) is 14.5. The molecular weight excluding hydrogens is 280 g/mol. The van der Waals surface area contributed by atoms with Gasteiger partial charge < -0.3 is 15.8 Å². The Balaban J connectivity index is 1.54. The minimum absolute atomic E-state index is 0.0594. The van der Waals surface area contributed by atoms with Crippen molar-refractivity contribution in [1.82, 2.24) is 5.32 Å². The van der Waals surface area contributed by atoms with Crippen molar-refractivity contribution >= 4 is 11.9 Å². The standard InChI is InChI=1S/C17H26N2O3/c18-16(21)17-7-10-4-11(8-17)6-13(5-10)14(17)22-15(20)12-2-1-3-19-9-12/h10-14,19H,1-9H2,(H2,18,21). The number of rotatable bonds is 3. The number of nitrogens with two attached hydrogens (primary N) is 1. The van der Waals surface area contributed by atoms with Gasteiger partial charge in [-0.1, -0.05) is 0 Å². The van der Waals surface area contributed by atoms with E-state index in [1.807, 2.05) is 0 Å². The highest BCUT2D eigenvalue weighted by Crippen LogP contribution is 2.60. The van der Waals surface area contributed by atoms with Crippen LogP contribution in [0.15, 0.2) is 0 Å². The second-order valence-corrected chi connectivity index (χ2v) is 8.03. The molecule has 4 unspecified atom stereocenters. The minimum Gasteiger partial charge on any atom is -0.461 e. The lowest BCUT2D eigenvalue weighted by atomic mass is 9.48. The summed E-state index contributed by atoms with van der Waals surface area (Å²) in [5.74, 6) is 1.14. The van der Waals surface area contributed by atoms with Crippen LogP contribution in [0.3, 0.4) is 0 Å². The zero-order valence-corrected chi connectivity index (χ0v) is 13.1. The molecule has 0 aromatic rings. The number of nitrogens with one attached hydrogen (secondary N) is 1. The van der Waals surface area contributed by atoms with Crippen LogP contribution in [-0.2, 0) is 14.3 Å². The summed E-state index contributed by atoms with van der Waals surface area (Å²) in [7, 11) is 0. The second kappa shape index (κ2) is 5.22. The number of ether oxygens (including phenoxy) is 1. The van der Waals surface area contributed by atoms with Crippen molar-refractivity contribution in [3.05, 3.63) is 0 Å². The quantitative estimate of drug-likeness (QED) is 0.768. The van der Waals surface area contributed by atoms with Gasteiger partial charge in [0.15, 0.2) is 0 Å². The number of primary amides is 1. The Hall–Kier alpha value is -1.10. The maximum atomic E-state index is 12.5. The Morgan fingerprint density at radius 1 is 1.14 bits per heavy atom. The summed E-state index contributed by atoms with van der Waals surface area (Å²) in [4.78, 5) is 24.8. The molecule has 5 fully saturated rings. The van der Waals surface area contributed by atoms with Crippen molar-refractivity contribution in [2.24, 2.45) is 34.8 Å². The molecule has 4 aliphatic carbocycles. The fraction of sp³-hybridized carbons (Fsp3) is 0.882. The molecule has 5 heteroatoms. The minimum atomic E-state index is -0.577. The van der Waals surface area contributed by atoms with Crippen LogP contribution in [0.25, 0.3) is 0 Å². The third-order valence-electron chi connectivity index (χ3n) is 6.58. The molecule has 5 aliphatic rings. The van der Waals surface area contributed by atoms with Crippen LogP contribution in [0.4, 0.5) is 0 Å². The Morgan fingerprint density at radius 2 is 1.86 bits per heavy atom. The number of carbonyl (C=O) groups excluding carboxylic acids is 2. The van der Waals surface area contributed by atoms with Crippen molar-refractivity contribution in [2.45, 2.75) is 51.0 Å². The zero-order valence-electron chi connectivity index (χ0n) is 13.1. The molecule has 0 spiro atoms. The van der Waals surface area contributed by atoms with Gasteiger partial charge in [-0.05, 0) is 69.2 Å². The van der Waals surface area contributed by atoms with Crippen LogP contribution in [0.5, 0.6) is 0 Å². The molecule has 0 radical (unpaired) electrons. The predicted octanol–water partition coefficient (Wildman–Crippen LogP) is 1.21. The molecule has 1 saturated heterocycles. The first-order valence-electron chi connectivity index (χ1n) is 8.79. The molecular formula is C17H26N2O3. The molecule has 1 heterocycles. The normalized spacial score (nSPS) is 46.5. The van der Waals surface area contributed by atoms with E-state index in [2.05, 4.69) is 5.32 Å². The molecule has 0 aromatic carbocycles. The summed E-state index contributed by atoms with van der Waals surface area (Å²) in [6.45, 7) is 1.68. The first-order valence-corrected chi connectivity index (χ1v) is 8.79. The molecule has 1 amide bonds. The Labute approximate surface area is 131 Å². The van der Waals surface area contributed by atoms with Crippen molar-refractivity contribution in [2.75, 3.05) is 13.1 Å². The average molecular weight is 306 g/mol. The smallest absolute Gasteiger partial charge is 0.310 e. The van der Waals surface area contributed by atoms with Crippen molar-refractivity contribution in [3.8, 4) is 0 Å². The molecule has 1 aliphatic heterocycles. The van der Waals surface area contributed by atoms with E-state index < -0.39 is 5.41 Å². The van der Waals surface area contributed by atoms with Gasteiger partial charge >= 0.3 is 5.97 Å². The lowest BCUT2D eigenvalue weighted by Gasteiger charge is -2.58. The predicted molar refractivity (Wildman–Crippen MR) is 80.7 cm³/mol. The Kier molecular flexibility index (Phi) is 3.44. The Bertz CT molecular complexity index is 472. The van der Waals surface area contributed by atoms with Gasteiger partial charge in [0, 0.05) is 6.54 Å². The van der Waals surface area contributed by atoms with Gasteiger partial charge in [-0.3, -0.25) is 9.59 Å². The van der Waals surface area contributed by atoms with Gasteiger partial charge in [-0.25, -0.2) is 0 Å². The Morgan fingerprint density at radius 3 is 2.45 bits per heavy atom. The molecule has 5 nitrogen and oxygen atoms in total. The highest BCUT2D eigenvalue weighted by atomic mass is 16.5. The summed E-state index contributed by atoms with van der Waals surface area (Å²) in [6.07, 6.45) is 6.73. The maximum Gasteiger partial charge on any atom is 0.310 e. The number of amides is 1. The van der Waals surface area contributed by atoms with E-state index in [0.29, 0.717) is 24.3 Å². The van der Waals surface area contributed by atoms with E-state index in [-0.39, 0.29) is 23.9 Å². The molecule has 4 saturated carbocycles. The van der Waals surface area contributed by atoms with Crippen molar-refractivity contribution < 1.29 is 14.3 Å². The number of carbonyl (C=O) groups is 2. The van der Waals surface area contributed by atoms with Crippen LogP contribution in [0, 0.1) is 29.1 Å². The maximum absolute atomic E-state index is 12.5. The third-order valence-corrected chi connectivity index (χ3v) is 6.58.